The average molecular weight is 555 g/mol. The molecule has 2 nitrogen and oxygen atoms in total. The third kappa shape index (κ3) is 4.62. The fourth-order valence-corrected chi connectivity index (χ4v) is 5.26. The van der Waals surface area contributed by atoms with Gasteiger partial charge in [-0.1, -0.05) is 82.8 Å². The number of nitrogens with zero attached hydrogens (tertiary/aromatic N) is 2. The van der Waals surface area contributed by atoms with Crippen LogP contribution in [0.5, 0.6) is 0 Å². The molecule has 0 saturated heterocycles. The number of fused-ring (bicyclic) bond motifs is 2. The van der Waals surface area contributed by atoms with Gasteiger partial charge < -0.3 is 28.9 Å². The standard InChI is InChI=1S/C29H35N2.CH4.HI/c1-7-21-31-25-18-14-12-16-23(25)29(4,5)27(31)20-10-8-9-19-26-28(2,3)22-15-11-13-17-24(22)30(26)6;;/h8-20H,7,21H2,1-6H3;1H4;1H/q+1;;/p-1. The Morgan fingerprint density at radius 1 is 0.848 bits per heavy atom. The van der Waals surface area contributed by atoms with Gasteiger partial charge in [0.1, 0.15) is 7.05 Å². The summed E-state index contributed by atoms with van der Waals surface area (Å²) in [6.45, 7) is 12.6. The van der Waals surface area contributed by atoms with E-state index in [-0.39, 0.29) is 42.2 Å². The van der Waals surface area contributed by atoms with Gasteiger partial charge >= 0.3 is 0 Å². The molecular weight excluding hydrogens is 515 g/mol. The summed E-state index contributed by atoms with van der Waals surface area (Å²) in [5, 5.41) is 0. The molecule has 0 amide bonds. The van der Waals surface area contributed by atoms with Crippen LogP contribution in [0.1, 0.15) is 59.6 Å². The lowest BCUT2D eigenvalue weighted by molar-refractivity contribution is -0.401. The highest BCUT2D eigenvalue weighted by Gasteiger charge is 2.42. The summed E-state index contributed by atoms with van der Waals surface area (Å²) >= 11 is 0. The number of benzene rings is 2. The van der Waals surface area contributed by atoms with Crippen LogP contribution in [-0.2, 0) is 10.8 Å². The maximum Gasteiger partial charge on any atom is 0.209 e. The second kappa shape index (κ2) is 10.4. The van der Waals surface area contributed by atoms with Crippen LogP contribution < -0.4 is 28.9 Å². The van der Waals surface area contributed by atoms with Crippen molar-refractivity contribution < 1.29 is 28.6 Å². The first-order chi connectivity index (χ1) is 14.8. The van der Waals surface area contributed by atoms with Gasteiger partial charge in [-0.3, -0.25) is 0 Å². The minimum absolute atomic E-state index is 0. The Hall–Kier alpha value is -2.14. The van der Waals surface area contributed by atoms with Crippen LogP contribution in [-0.4, -0.2) is 23.9 Å². The van der Waals surface area contributed by atoms with Crippen LogP contribution in [0.3, 0.4) is 0 Å². The molecule has 0 bridgehead atoms. The highest BCUT2D eigenvalue weighted by molar-refractivity contribution is 6.03. The zero-order chi connectivity index (χ0) is 22.2. The fraction of sp³-hybridized carbons (Fsp3) is 0.367. The van der Waals surface area contributed by atoms with E-state index < -0.39 is 0 Å². The van der Waals surface area contributed by atoms with Gasteiger partial charge in [-0.05, 0) is 38.0 Å². The van der Waals surface area contributed by atoms with E-state index in [0.29, 0.717) is 0 Å². The first-order valence-electron chi connectivity index (χ1n) is 11.4. The maximum atomic E-state index is 2.49. The predicted molar refractivity (Wildman–Crippen MR) is 141 cm³/mol. The summed E-state index contributed by atoms with van der Waals surface area (Å²) in [6.07, 6.45) is 12.2. The van der Waals surface area contributed by atoms with E-state index in [1.54, 1.807) is 0 Å². The summed E-state index contributed by atoms with van der Waals surface area (Å²) in [4.78, 5) is 2.49. The maximum absolute atomic E-state index is 2.49. The first kappa shape index (κ1) is 27.1. The fourth-order valence-electron chi connectivity index (χ4n) is 5.26. The minimum atomic E-state index is 0. The van der Waals surface area contributed by atoms with Crippen LogP contribution in [0.15, 0.2) is 84.6 Å². The molecular formula is C30H39IN2. The van der Waals surface area contributed by atoms with Crippen molar-refractivity contribution in [3.8, 4) is 0 Å². The summed E-state index contributed by atoms with van der Waals surface area (Å²) in [5.41, 5.74) is 8.20. The molecule has 2 aliphatic heterocycles. The molecule has 33 heavy (non-hydrogen) atoms. The monoisotopic (exact) mass is 554 g/mol. The Morgan fingerprint density at radius 2 is 1.48 bits per heavy atom. The van der Waals surface area contributed by atoms with E-state index >= 15 is 0 Å². The number of hydrogen-bond donors (Lipinski definition) is 0. The zero-order valence-corrected chi connectivity index (χ0v) is 22.3. The van der Waals surface area contributed by atoms with Crippen LogP contribution in [0.2, 0.25) is 0 Å². The third-order valence-corrected chi connectivity index (χ3v) is 6.92. The number of rotatable bonds is 5. The molecule has 2 aromatic rings. The van der Waals surface area contributed by atoms with Gasteiger partial charge in [-0.2, -0.15) is 4.58 Å². The van der Waals surface area contributed by atoms with Crippen molar-refractivity contribution in [1.29, 1.82) is 0 Å². The Morgan fingerprint density at radius 3 is 2.15 bits per heavy atom. The number of allylic oxidation sites excluding steroid dienone is 6. The predicted octanol–water partition coefficient (Wildman–Crippen LogP) is 4.54. The molecule has 0 atom stereocenters. The molecule has 0 fully saturated rings. The molecule has 0 saturated carbocycles. The third-order valence-electron chi connectivity index (χ3n) is 6.92. The van der Waals surface area contributed by atoms with Crippen molar-refractivity contribution in [2.24, 2.45) is 0 Å². The van der Waals surface area contributed by atoms with Gasteiger partial charge in [0.15, 0.2) is 5.71 Å². The topological polar surface area (TPSA) is 6.25 Å². The first-order valence-corrected chi connectivity index (χ1v) is 11.4. The van der Waals surface area contributed by atoms with Crippen molar-refractivity contribution in [1.82, 2.24) is 0 Å². The molecule has 176 valence electrons. The Bertz CT molecular complexity index is 1120. The van der Waals surface area contributed by atoms with E-state index in [1.807, 2.05) is 0 Å². The largest absolute Gasteiger partial charge is 1.00 e. The number of anilines is 1. The molecule has 3 heteroatoms. The van der Waals surface area contributed by atoms with E-state index in [4.69, 9.17) is 0 Å². The van der Waals surface area contributed by atoms with E-state index in [9.17, 15) is 0 Å². The molecule has 2 aromatic carbocycles. The molecule has 4 rings (SSSR count). The second-order valence-electron chi connectivity index (χ2n) is 9.68. The number of hydrogen-bond acceptors (Lipinski definition) is 1. The molecule has 0 aliphatic carbocycles. The molecule has 2 aliphatic rings. The second-order valence-corrected chi connectivity index (χ2v) is 9.68. The van der Waals surface area contributed by atoms with Crippen molar-refractivity contribution in [2.75, 3.05) is 18.5 Å². The normalized spacial score (nSPS) is 19.1. The SMILES string of the molecule is C.CCCN1/C(=C/C=C/C=C/C2=[N+](C)c3ccccc3C2(C)C)C(C)(C)c2ccccc21.[I-]. The Balaban J connectivity index is 0.00000193. The molecule has 0 unspecified atom stereocenters. The van der Waals surface area contributed by atoms with Gasteiger partial charge in [-0.25, -0.2) is 0 Å². The molecule has 0 aromatic heterocycles. The minimum Gasteiger partial charge on any atom is -1.00 e. The summed E-state index contributed by atoms with van der Waals surface area (Å²) in [5.74, 6) is 0. The van der Waals surface area contributed by atoms with Gasteiger partial charge in [0.05, 0.1) is 5.41 Å². The van der Waals surface area contributed by atoms with E-state index in [0.717, 1.165) is 13.0 Å². The van der Waals surface area contributed by atoms with Crippen molar-refractivity contribution in [3.63, 3.8) is 0 Å². The van der Waals surface area contributed by atoms with Gasteiger partial charge in [0.2, 0.25) is 5.69 Å². The van der Waals surface area contributed by atoms with Crippen LogP contribution in [0.25, 0.3) is 0 Å². The lowest BCUT2D eigenvalue weighted by atomic mass is 9.81. The lowest BCUT2D eigenvalue weighted by Gasteiger charge is -2.26. The van der Waals surface area contributed by atoms with E-state index in [2.05, 4.69) is 130 Å². The van der Waals surface area contributed by atoms with Gasteiger partial charge in [-0.15, -0.1) is 0 Å². The van der Waals surface area contributed by atoms with Gasteiger partial charge in [0, 0.05) is 41.1 Å². The molecule has 0 radical (unpaired) electrons. The summed E-state index contributed by atoms with van der Waals surface area (Å²) < 4.78 is 2.32. The average Bonchev–Trinajstić information content (AvgIpc) is 3.08. The van der Waals surface area contributed by atoms with Crippen LogP contribution in [0, 0.1) is 0 Å². The van der Waals surface area contributed by atoms with E-state index in [1.165, 1.54) is 33.9 Å². The quantitative estimate of drug-likeness (QED) is 0.299. The van der Waals surface area contributed by atoms with Crippen molar-refractivity contribution >= 4 is 17.1 Å². The molecule has 2 heterocycles. The Labute approximate surface area is 218 Å². The summed E-state index contributed by atoms with van der Waals surface area (Å²) in [6, 6.07) is 17.5. The van der Waals surface area contributed by atoms with Crippen molar-refractivity contribution in [3.05, 3.63) is 95.7 Å². The molecule has 0 N–H and O–H groups in total. The summed E-state index contributed by atoms with van der Waals surface area (Å²) in [7, 11) is 2.17. The highest BCUT2D eigenvalue weighted by Crippen LogP contribution is 2.47. The number of para-hydroxylation sites is 2. The Kier molecular flexibility index (Phi) is 8.56. The lowest BCUT2D eigenvalue weighted by Crippen LogP contribution is -3.00. The number of halogens is 1. The smallest absolute Gasteiger partial charge is 0.209 e. The van der Waals surface area contributed by atoms with Crippen LogP contribution >= 0.6 is 0 Å². The zero-order valence-electron chi connectivity index (χ0n) is 20.2. The van der Waals surface area contributed by atoms with Gasteiger partial charge in [0.25, 0.3) is 0 Å². The molecule has 0 spiro atoms. The van der Waals surface area contributed by atoms with Crippen LogP contribution in [0.4, 0.5) is 11.4 Å². The van der Waals surface area contributed by atoms with Crippen molar-refractivity contribution in [2.45, 2.75) is 59.3 Å². The highest BCUT2D eigenvalue weighted by atomic mass is 127.